The molecule has 0 aliphatic carbocycles. The molecule has 0 aliphatic rings. The van der Waals surface area contributed by atoms with Gasteiger partial charge in [-0.05, 0) is 36.7 Å². The van der Waals surface area contributed by atoms with Crippen LogP contribution in [0, 0.1) is 0 Å². The largest absolute Gasteiger partial charge is 0.493 e. The molecule has 4 heteroatoms. The minimum Gasteiger partial charge on any atom is -0.493 e. The van der Waals surface area contributed by atoms with Crippen molar-refractivity contribution in [1.82, 2.24) is 0 Å². The van der Waals surface area contributed by atoms with E-state index in [1.807, 2.05) is 24.3 Å². The Labute approximate surface area is 124 Å². The molecular weight excluding hydrogens is 266 g/mol. The molecule has 0 aliphatic heterocycles. The Hall–Kier alpha value is -2.33. The fourth-order valence-electron chi connectivity index (χ4n) is 2.25. The van der Waals surface area contributed by atoms with Crippen LogP contribution in [0.4, 0.5) is 0 Å². The fraction of sp³-hybridized carbons (Fsp3) is 0.235. The quantitative estimate of drug-likeness (QED) is 0.828. The number of ketones is 1. The first-order valence-corrected chi connectivity index (χ1v) is 6.76. The molecule has 0 saturated heterocycles. The average molecular weight is 285 g/mol. The van der Waals surface area contributed by atoms with Crippen LogP contribution in [0.3, 0.4) is 0 Å². The van der Waals surface area contributed by atoms with Gasteiger partial charge in [-0.25, -0.2) is 0 Å². The third-order valence-electron chi connectivity index (χ3n) is 3.32. The summed E-state index contributed by atoms with van der Waals surface area (Å²) in [6, 6.07) is 12.7. The summed E-state index contributed by atoms with van der Waals surface area (Å²) in [5.74, 6) is 1.10. The van der Waals surface area contributed by atoms with Crippen LogP contribution < -0.4 is 15.2 Å². The topological polar surface area (TPSA) is 61.5 Å². The fourth-order valence-corrected chi connectivity index (χ4v) is 2.25. The molecule has 110 valence electrons. The standard InChI is InChI=1S/C17H19NO3/c1-20-15-8-7-13(11-16(15)21-2)17(19)14-6-4-3-5-12(14)9-10-18/h3-8,11H,9-10,18H2,1-2H3. The molecule has 0 bridgehead atoms. The molecule has 0 spiro atoms. The smallest absolute Gasteiger partial charge is 0.193 e. The second-order valence-corrected chi connectivity index (χ2v) is 4.59. The molecule has 0 unspecified atom stereocenters. The van der Waals surface area contributed by atoms with Gasteiger partial charge in [0, 0.05) is 11.1 Å². The summed E-state index contributed by atoms with van der Waals surface area (Å²) < 4.78 is 10.4. The molecule has 0 aromatic heterocycles. The zero-order valence-corrected chi connectivity index (χ0v) is 12.3. The van der Waals surface area contributed by atoms with Crippen molar-refractivity contribution in [3.8, 4) is 11.5 Å². The van der Waals surface area contributed by atoms with Crippen LogP contribution >= 0.6 is 0 Å². The molecule has 0 saturated carbocycles. The number of rotatable bonds is 6. The highest BCUT2D eigenvalue weighted by Gasteiger charge is 2.15. The molecule has 4 nitrogen and oxygen atoms in total. The van der Waals surface area contributed by atoms with E-state index in [0.717, 1.165) is 5.56 Å². The van der Waals surface area contributed by atoms with Gasteiger partial charge in [0.05, 0.1) is 14.2 Å². The van der Waals surface area contributed by atoms with Gasteiger partial charge in [-0.15, -0.1) is 0 Å². The van der Waals surface area contributed by atoms with Crippen molar-refractivity contribution < 1.29 is 14.3 Å². The summed E-state index contributed by atoms with van der Waals surface area (Å²) in [5.41, 5.74) is 7.80. The molecule has 2 aromatic rings. The van der Waals surface area contributed by atoms with Gasteiger partial charge in [-0.3, -0.25) is 4.79 Å². The zero-order valence-electron chi connectivity index (χ0n) is 12.3. The van der Waals surface area contributed by atoms with Crippen molar-refractivity contribution in [3.05, 3.63) is 59.2 Å². The minimum atomic E-state index is -0.0417. The van der Waals surface area contributed by atoms with Gasteiger partial charge in [0.1, 0.15) is 0 Å². The van der Waals surface area contributed by atoms with Crippen molar-refractivity contribution >= 4 is 5.78 Å². The normalized spacial score (nSPS) is 10.2. The Morgan fingerprint density at radius 1 is 1.05 bits per heavy atom. The molecule has 0 atom stereocenters. The van der Waals surface area contributed by atoms with Gasteiger partial charge in [-0.1, -0.05) is 24.3 Å². The maximum atomic E-state index is 12.7. The van der Waals surface area contributed by atoms with Gasteiger partial charge in [0.25, 0.3) is 0 Å². The molecule has 0 fully saturated rings. The Morgan fingerprint density at radius 3 is 2.43 bits per heavy atom. The van der Waals surface area contributed by atoms with Gasteiger partial charge >= 0.3 is 0 Å². The van der Waals surface area contributed by atoms with E-state index in [0.29, 0.717) is 35.6 Å². The van der Waals surface area contributed by atoms with E-state index in [4.69, 9.17) is 15.2 Å². The number of methoxy groups -OCH3 is 2. The zero-order chi connectivity index (χ0) is 15.2. The Bertz CT molecular complexity index is 638. The van der Waals surface area contributed by atoms with E-state index in [9.17, 15) is 4.79 Å². The van der Waals surface area contributed by atoms with Crippen molar-refractivity contribution in [2.45, 2.75) is 6.42 Å². The van der Waals surface area contributed by atoms with Crippen molar-refractivity contribution in [2.75, 3.05) is 20.8 Å². The molecule has 0 amide bonds. The number of ether oxygens (including phenoxy) is 2. The van der Waals surface area contributed by atoms with E-state index < -0.39 is 0 Å². The van der Waals surface area contributed by atoms with E-state index >= 15 is 0 Å². The summed E-state index contributed by atoms with van der Waals surface area (Å²) in [7, 11) is 3.12. The predicted molar refractivity (Wildman–Crippen MR) is 82.2 cm³/mol. The average Bonchev–Trinajstić information content (AvgIpc) is 2.54. The van der Waals surface area contributed by atoms with E-state index in [1.54, 1.807) is 32.4 Å². The van der Waals surface area contributed by atoms with E-state index in [-0.39, 0.29) is 5.78 Å². The maximum Gasteiger partial charge on any atom is 0.193 e. The lowest BCUT2D eigenvalue weighted by Gasteiger charge is -2.11. The SMILES string of the molecule is COc1ccc(C(=O)c2ccccc2CCN)cc1OC. The van der Waals surface area contributed by atoms with Crippen LogP contribution in [0.25, 0.3) is 0 Å². The van der Waals surface area contributed by atoms with E-state index in [1.165, 1.54) is 0 Å². The summed E-state index contributed by atoms with van der Waals surface area (Å²) >= 11 is 0. The van der Waals surface area contributed by atoms with Crippen LogP contribution in [0.15, 0.2) is 42.5 Å². The Kier molecular flexibility index (Phi) is 4.95. The molecular formula is C17H19NO3. The molecule has 0 heterocycles. The van der Waals surface area contributed by atoms with Crippen LogP contribution in [0.5, 0.6) is 11.5 Å². The van der Waals surface area contributed by atoms with Gasteiger partial charge in [-0.2, -0.15) is 0 Å². The third kappa shape index (κ3) is 3.23. The second kappa shape index (κ2) is 6.90. The highest BCUT2D eigenvalue weighted by molar-refractivity contribution is 6.10. The minimum absolute atomic E-state index is 0.0417. The molecule has 0 radical (unpaired) electrons. The van der Waals surface area contributed by atoms with Crippen molar-refractivity contribution in [2.24, 2.45) is 5.73 Å². The number of carbonyl (C=O) groups is 1. The summed E-state index contributed by atoms with van der Waals surface area (Å²) in [6.07, 6.45) is 0.676. The number of hydrogen-bond donors (Lipinski definition) is 1. The van der Waals surface area contributed by atoms with E-state index in [2.05, 4.69) is 0 Å². The van der Waals surface area contributed by atoms with Gasteiger partial charge < -0.3 is 15.2 Å². The van der Waals surface area contributed by atoms with Crippen molar-refractivity contribution in [1.29, 1.82) is 0 Å². The maximum absolute atomic E-state index is 12.7. The molecule has 2 aromatic carbocycles. The number of nitrogens with two attached hydrogens (primary N) is 1. The first-order valence-electron chi connectivity index (χ1n) is 6.76. The first kappa shape index (κ1) is 15.1. The summed E-state index contributed by atoms with van der Waals surface area (Å²) in [5, 5.41) is 0. The Balaban J connectivity index is 2.40. The van der Waals surface area contributed by atoms with Crippen molar-refractivity contribution in [3.63, 3.8) is 0 Å². The first-order chi connectivity index (χ1) is 10.2. The lowest BCUT2D eigenvalue weighted by Crippen LogP contribution is -2.10. The van der Waals surface area contributed by atoms with Crippen LogP contribution in [-0.4, -0.2) is 26.5 Å². The highest BCUT2D eigenvalue weighted by Crippen LogP contribution is 2.28. The van der Waals surface area contributed by atoms with Gasteiger partial charge in [0.2, 0.25) is 0 Å². The van der Waals surface area contributed by atoms with Crippen LogP contribution in [-0.2, 0) is 6.42 Å². The number of hydrogen-bond acceptors (Lipinski definition) is 4. The highest BCUT2D eigenvalue weighted by atomic mass is 16.5. The number of carbonyl (C=O) groups excluding carboxylic acids is 1. The summed E-state index contributed by atoms with van der Waals surface area (Å²) in [4.78, 5) is 12.7. The number of benzene rings is 2. The Morgan fingerprint density at radius 2 is 1.76 bits per heavy atom. The molecule has 2 N–H and O–H groups in total. The monoisotopic (exact) mass is 285 g/mol. The summed E-state index contributed by atoms with van der Waals surface area (Å²) in [6.45, 7) is 0.510. The van der Waals surface area contributed by atoms with Crippen LogP contribution in [0.2, 0.25) is 0 Å². The molecule has 21 heavy (non-hydrogen) atoms. The second-order valence-electron chi connectivity index (χ2n) is 4.59. The van der Waals surface area contributed by atoms with Gasteiger partial charge in [0.15, 0.2) is 17.3 Å². The third-order valence-corrected chi connectivity index (χ3v) is 3.32. The lowest BCUT2D eigenvalue weighted by atomic mass is 9.96. The predicted octanol–water partition coefficient (Wildman–Crippen LogP) is 2.44. The molecule has 2 rings (SSSR count). The van der Waals surface area contributed by atoms with Crippen LogP contribution in [0.1, 0.15) is 21.5 Å². The lowest BCUT2D eigenvalue weighted by molar-refractivity contribution is 0.103.